The monoisotopic (exact) mass is 801 g/mol. The van der Waals surface area contributed by atoms with Crippen LogP contribution in [0.5, 0.6) is 11.5 Å². The van der Waals surface area contributed by atoms with Crippen LogP contribution in [0.4, 0.5) is 21.9 Å². The fraction of sp³-hybridized carbons (Fsp3) is 0.386. The van der Waals surface area contributed by atoms with Gasteiger partial charge in [-0.3, -0.25) is 9.32 Å². The molecule has 0 heterocycles. The zero-order valence-electron chi connectivity index (χ0n) is 34.2. The van der Waals surface area contributed by atoms with Gasteiger partial charge in [-0.05, 0) is 84.7 Å². The summed E-state index contributed by atoms with van der Waals surface area (Å²) in [6.07, 6.45) is 0.633. The van der Waals surface area contributed by atoms with Crippen molar-refractivity contribution in [2.75, 3.05) is 49.2 Å². The minimum Gasteiger partial charge on any atom is -0.493 e. The molecule has 2 amide bonds. The molecular formula is C44H56N3O9P. The molecule has 13 heteroatoms. The molecule has 2 atom stereocenters. The summed E-state index contributed by atoms with van der Waals surface area (Å²) in [6, 6.07) is 26.6. The molecule has 0 fully saturated rings. The number of rotatable bonds is 20. The summed E-state index contributed by atoms with van der Waals surface area (Å²) in [5.41, 5.74) is 5.07. The molecule has 4 aromatic rings. The summed E-state index contributed by atoms with van der Waals surface area (Å²) < 4.78 is 40.2. The predicted octanol–water partition coefficient (Wildman–Crippen LogP) is 10.4. The molecule has 0 saturated carbocycles. The Morgan fingerprint density at radius 2 is 1.49 bits per heavy atom. The number of methoxy groups -OCH3 is 1. The number of benzene rings is 4. The first-order chi connectivity index (χ1) is 27.2. The van der Waals surface area contributed by atoms with Crippen molar-refractivity contribution < 1.29 is 42.2 Å². The third-order valence-corrected chi connectivity index (χ3v) is 9.98. The number of carbonyl (C=O) groups excluding carboxylic acids is 3. The Bertz CT molecular complexity index is 1980. The standard InChI is InChI=1S/C44H56N3O9P/c1-9-34(35-17-21-39(47(26-30(2)3)27-31(4)5)38(23-35)46-44(50)45-37-19-15-32(6)16-20-37)25-42(48)53-29-54-43(49)36-18-22-40(41(24-36)52-7)56-57(8,51)55-28-33-13-11-10-12-14-33/h10-24,30-31,34H,9,25-29H2,1-8H3,(H2,45,46,50)/t34-,57?/m0/s1. The lowest BCUT2D eigenvalue weighted by molar-refractivity contribution is -0.152. The Balaban J connectivity index is 1.39. The van der Waals surface area contributed by atoms with Crippen LogP contribution in [0.1, 0.15) is 80.4 Å². The molecule has 4 rings (SSSR count). The van der Waals surface area contributed by atoms with E-state index in [1.807, 2.05) is 86.6 Å². The van der Waals surface area contributed by atoms with Crippen molar-refractivity contribution in [3.05, 3.63) is 113 Å². The summed E-state index contributed by atoms with van der Waals surface area (Å²) in [4.78, 5) is 41.5. The second-order valence-corrected chi connectivity index (χ2v) is 16.8. The molecule has 0 aliphatic carbocycles. The average Bonchev–Trinajstić information content (AvgIpc) is 3.16. The first-order valence-corrected chi connectivity index (χ1v) is 21.1. The topological polar surface area (TPSA) is 142 Å². The van der Waals surface area contributed by atoms with Gasteiger partial charge >= 0.3 is 25.6 Å². The van der Waals surface area contributed by atoms with Crippen LogP contribution in [0.15, 0.2) is 91.0 Å². The molecule has 0 saturated heterocycles. The SMILES string of the molecule is CC[C@@H](CC(=O)OCOC(=O)c1ccc(OP(C)(=O)OCc2ccccc2)c(OC)c1)c1ccc(N(CC(C)C)CC(C)C)c(NC(=O)Nc2ccc(C)cc2)c1. The molecule has 0 radical (unpaired) electrons. The van der Waals surface area contributed by atoms with E-state index in [0.29, 0.717) is 29.6 Å². The summed E-state index contributed by atoms with van der Waals surface area (Å²) in [7, 11) is -2.16. The first kappa shape index (κ1) is 44.4. The molecule has 0 aliphatic heterocycles. The Hall–Kier alpha value is -5.32. The van der Waals surface area contributed by atoms with Crippen molar-refractivity contribution >= 4 is 42.6 Å². The van der Waals surface area contributed by atoms with Gasteiger partial charge in [-0.25, -0.2) is 14.2 Å². The molecule has 12 nitrogen and oxygen atoms in total. The summed E-state index contributed by atoms with van der Waals surface area (Å²) in [5.74, 6) is -0.532. The second kappa shape index (κ2) is 21.3. The number of aryl methyl sites for hydroxylation is 1. The van der Waals surface area contributed by atoms with E-state index in [4.69, 9.17) is 23.3 Å². The van der Waals surface area contributed by atoms with Gasteiger partial charge < -0.3 is 34.3 Å². The van der Waals surface area contributed by atoms with Crippen molar-refractivity contribution in [1.82, 2.24) is 0 Å². The smallest absolute Gasteiger partial charge is 0.376 e. The van der Waals surface area contributed by atoms with E-state index in [9.17, 15) is 18.9 Å². The number of amides is 2. The Morgan fingerprint density at radius 3 is 2.12 bits per heavy atom. The quantitative estimate of drug-likeness (QED) is 0.0504. The highest BCUT2D eigenvalue weighted by Crippen LogP contribution is 2.48. The first-order valence-electron chi connectivity index (χ1n) is 19.2. The Morgan fingerprint density at radius 1 is 0.807 bits per heavy atom. The molecule has 0 bridgehead atoms. The maximum atomic E-state index is 13.3. The number of hydrogen-bond acceptors (Lipinski definition) is 10. The number of urea groups is 1. The fourth-order valence-corrected chi connectivity index (χ4v) is 7.03. The molecule has 4 aromatic carbocycles. The molecule has 0 spiro atoms. The lowest BCUT2D eigenvalue weighted by Crippen LogP contribution is -2.32. The van der Waals surface area contributed by atoms with Gasteiger partial charge in [0.15, 0.2) is 11.5 Å². The summed E-state index contributed by atoms with van der Waals surface area (Å²) in [6.45, 7) is 15.0. The number of nitrogens with zero attached hydrogens (tertiary/aromatic N) is 1. The van der Waals surface area contributed by atoms with E-state index in [0.717, 1.165) is 35.5 Å². The number of esters is 2. The van der Waals surface area contributed by atoms with Gasteiger partial charge in [0.25, 0.3) is 0 Å². The van der Waals surface area contributed by atoms with Crippen molar-refractivity contribution in [2.24, 2.45) is 11.8 Å². The highest BCUT2D eigenvalue weighted by Gasteiger charge is 2.24. The largest absolute Gasteiger partial charge is 0.493 e. The molecule has 1 unspecified atom stereocenters. The number of carbonyl (C=O) groups is 3. The Labute approximate surface area is 336 Å². The second-order valence-electron chi connectivity index (χ2n) is 14.8. The van der Waals surface area contributed by atoms with Crippen molar-refractivity contribution in [3.8, 4) is 11.5 Å². The van der Waals surface area contributed by atoms with Gasteiger partial charge in [-0.2, -0.15) is 0 Å². The van der Waals surface area contributed by atoms with E-state index in [1.54, 1.807) is 0 Å². The van der Waals surface area contributed by atoms with Gasteiger partial charge in [0.05, 0.1) is 37.1 Å². The van der Waals surface area contributed by atoms with E-state index >= 15 is 0 Å². The van der Waals surface area contributed by atoms with E-state index in [-0.39, 0.29) is 42.0 Å². The lowest BCUT2D eigenvalue weighted by Gasteiger charge is -2.31. The van der Waals surface area contributed by atoms with Crippen LogP contribution >= 0.6 is 7.60 Å². The van der Waals surface area contributed by atoms with E-state index in [1.165, 1.54) is 32.0 Å². The number of ether oxygens (including phenoxy) is 3. The lowest BCUT2D eigenvalue weighted by atomic mass is 9.92. The van der Waals surface area contributed by atoms with Gasteiger partial charge in [-0.1, -0.05) is 88.7 Å². The van der Waals surface area contributed by atoms with Crippen LogP contribution in [0, 0.1) is 18.8 Å². The highest BCUT2D eigenvalue weighted by atomic mass is 31.2. The normalized spacial score (nSPS) is 12.7. The van der Waals surface area contributed by atoms with Crippen molar-refractivity contribution in [1.29, 1.82) is 0 Å². The minimum atomic E-state index is -3.54. The number of hydrogen-bond donors (Lipinski definition) is 2. The molecule has 2 N–H and O–H groups in total. The zero-order valence-corrected chi connectivity index (χ0v) is 35.1. The maximum absolute atomic E-state index is 13.3. The van der Waals surface area contributed by atoms with Crippen LogP contribution in [0.2, 0.25) is 0 Å². The van der Waals surface area contributed by atoms with Crippen LogP contribution in [0.25, 0.3) is 0 Å². The third kappa shape index (κ3) is 14.3. The molecule has 0 aromatic heterocycles. The maximum Gasteiger partial charge on any atom is 0.376 e. The third-order valence-electron chi connectivity index (χ3n) is 8.85. The van der Waals surface area contributed by atoms with Gasteiger partial charge in [0.1, 0.15) is 0 Å². The highest BCUT2D eigenvalue weighted by molar-refractivity contribution is 7.53. The van der Waals surface area contributed by atoms with Gasteiger partial charge in [-0.15, -0.1) is 0 Å². The number of anilines is 3. The van der Waals surface area contributed by atoms with Gasteiger partial charge in [0, 0.05) is 25.4 Å². The predicted molar refractivity (Wildman–Crippen MR) is 225 cm³/mol. The van der Waals surface area contributed by atoms with E-state index < -0.39 is 26.3 Å². The van der Waals surface area contributed by atoms with Crippen LogP contribution < -0.4 is 24.8 Å². The van der Waals surface area contributed by atoms with Crippen LogP contribution in [-0.2, 0) is 30.0 Å². The van der Waals surface area contributed by atoms with Crippen LogP contribution in [0.3, 0.4) is 0 Å². The molecule has 306 valence electrons. The zero-order chi connectivity index (χ0) is 41.5. The average molecular weight is 802 g/mol. The van der Waals surface area contributed by atoms with E-state index in [2.05, 4.69) is 43.2 Å². The fourth-order valence-electron chi connectivity index (χ4n) is 6.09. The van der Waals surface area contributed by atoms with Crippen molar-refractivity contribution in [3.63, 3.8) is 0 Å². The van der Waals surface area contributed by atoms with Crippen molar-refractivity contribution in [2.45, 2.75) is 66.9 Å². The number of nitrogens with one attached hydrogen (secondary N) is 2. The van der Waals surface area contributed by atoms with Crippen LogP contribution in [-0.4, -0.2) is 51.6 Å². The summed E-state index contributed by atoms with van der Waals surface area (Å²) >= 11 is 0. The molecular weight excluding hydrogens is 745 g/mol. The molecule has 0 aliphatic rings. The minimum absolute atomic E-state index is 0.0212. The summed E-state index contributed by atoms with van der Waals surface area (Å²) in [5, 5.41) is 5.99. The molecule has 57 heavy (non-hydrogen) atoms. The van der Waals surface area contributed by atoms with Gasteiger partial charge in [0.2, 0.25) is 6.79 Å². The Kier molecular flexibility index (Phi) is 16.6.